The molecule has 0 bridgehead atoms. The Hall–Kier alpha value is -1.02. The number of hydrogen-bond acceptors (Lipinski definition) is 2. The van der Waals surface area contributed by atoms with Crippen LogP contribution in [0.2, 0.25) is 0 Å². The topological polar surface area (TPSA) is 15.3 Å². The molecule has 1 N–H and O–H groups in total. The first-order chi connectivity index (χ1) is 9.03. The van der Waals surface area contributed by atoms with E-state index in [-0.39, 0.29) is 0 Å². The van der Waals surface area contributed by atoms with Gasteiger partial charge in [-0.15, -0.1) is 0 Å². The predicted octanol–water partition coefficient (Wildman–Crippen LogP) is 3.46. The summed E-state index contributed by atoms with van der Waals surface area (Å²) in [5.41, 5.74) is 3.26. The highest BCUT2D eigenvalue weighted by atomic mass is 15.2. The van der Waals surface area contributed by atoms with Crippen molar-refractivity contribution in [2.75, 3.05) is 24.5 Å². The minimum absolute atomic E-state index is 0.306. The molecule has 0 radical (unpaired) electrons. The van der Waals surface area contributed by atoms with Crippen molar-refractivity contribution in [3.8, 4) is 0 Å². The second-order valence-corrected chi connectivity index (χ2v) is 6.65. The SMILES string of the molecule is CCCNCC(C)(C)CN1c2ccccc2CC1C. The molecule has 0 aromatic heterocycles. The van der Waals surface area contributed by atoms with Crippen LogP contribution < -0.4 is 10.2 Å². The van der Waals surface area contributed by atoms with E-state index in [2.05, 4.69) is 62.2 Å². The van der Waals surface area contributed by atoms with Gasteiger partial charge in [0.1, 0.15) is 0 Å². The van der Waals surface area contributed by atoms with Crippen LogP contribution in [0.15, 0.2) is 24.3 Å². The molecule has 0 amide bonds. The molecule has 2 heteroatoms. The van der Waals surface area contributed by atoms with Crippen LogP contribution >= 0.6 is 0 Å². The zero-order chi connectivity index (χ0) is 13.9. The molecule has 0 saturated carbocycles. The smallest absolute Gasteiger partial charge is 0.0402 e. The van der Waals surface area contributed by atoms with Gasteiger partial charge in [-0.3, -0.25) is 0 Å². The van der Waals surface area contributed by atoms with E-state index in [1.165, 1.54) is 24.1 Å². The van der Waals surface area contributed by atoms with Crippen molar-refractivity contribution < 1.29 is 0 Å². The van der Waals surface area contributed by atoms with Crippen molar-refractivity contribution in [3.05, 3.63) is 29.8 Å². The molecular formula is C17H28N2. The standard InChI is InChI=1S/C17H28N2/c1-5-10-18-12-17(3,4)13-19-14(2)11-15-8-6-7-9-16(15)19/h6-9,14,18H,5,10-13H2,1-4H3. The molecule has 1 unspecified atom stereocenters. The van der Waals surface area contributed by atoms with Crippen molar-refractivity contribution in [1.82, 2.24) is 5.32 Å². The summed E-state index contributed by atoms with van der Waals surface area (Å²) in [5.74, 6) is 0. The molecule has 19 heavy (non-hydrogen) atoms. The molecule has 106 valence electrons. The van der Waals surface area contributed by atoms with Gasteiger partial charge in [0, 0.05) is 24.8 Å². The Bertz CT molecular complexity index is 411. The van der Waals surface area contributed by atoms with E-state index in [0.717, 1.165) is 19.6 Å². The predicted molar refractivity (Wildman–Crippen MR) is 83.9 cm³/mol. The van der Waals surface area contributed by atoms with E-state index in [0.29, 0.717) is 11.5 Å². The molecule has 0 spiro atoms. The third kappa shape index (κ3) is 3.50. The van der Waals surface area contributed by atoms with Crippen LogP contribution in [0.1, 0.15) is 39.7 Å². The molecule has 2 nitrogen and oxygen atoms in total. The minimum atomic E-state index is 0.306. The average molecular weight is 260 g/mol. The highest BCUT2D eigenvalue weighted by molar-refractivity contribution is 5.59. The first-order valence-corrected chi connectivity index (χ1v) is 7.59. The van der Waals surface area contributed by atoms with Crippen molar-refractivity contribution >= 4 is 5.69 Å². The average Bonchev–Trinajstić information content (AvgIpc) is 2.66. The number of fused-ring (bicyclic) bond motifs is 1. The van der Waals surface area contributed by atoms with Crippen LogP contribution in [-0.2, 0) is 6.42 Å². The van der Waals surface area contributed by atoms with Gasteiger partial charge >= 0.3 is 0 Å². The van der Waals surface area contributed by atoms with Crippen molar-refractivity contribution in [2.45, 2.75) is 46.6 Å². The summed E-state index contributed by atoms with van der Waals surface area (Å²) in [7, 11) is 0. The van der Waals surface area contributed by atoms with Crippen LogP contribution in [-0.4, -0.2) is 25.7 Å². The second kappa shape index (κ2) is 5.96. The summed E-state index contributed by atoms with van der Waals surface area (Å²) in [5, 5.41) is 3.56. The maximum absolute atomic E-state index is 3.56. The number of rotatable bonds is 6. The van der Waals surface area contributed by atoms with Gasteiger partial charge in [0.05, 0.1) is 0 Å². The van der Waals surface area contributed by atoms with E-state index in [9.17, 15) is 0 Å². The summed E-state index contributed by atoms with van der Waals surface area (Å²) in [6.45, 7) is 12.6. The Labute approximate surface area is 118 Å². The minimum Gasteiger partial charge on any atom is -0.368 e. The van der Waals surface area contributed by atoms with Crippen LogP contribution in [0, 0.1) is 5.41 Å². The maximum atomic E-state index is 3.56. The Balaban J connectivity index is 2.02. The maximum Gasteiger partial charge on any atom is 0.0402 e. The van der Waals surface area contributed by atoms with Crippen molar-refractivity contribution in [1.29, 1.82) is 0 Å². The van der Waals surface area contributed by atoms with Crippen LogP contribution in [0.25, 0.3) is 0 Å². The molecule has 2 rings (SSSR count). The van der Waals surface area contributed by atoms with Crippen LogP contribution in [0.4, 0.5) is 5.69 Å². The van der Waals surface area contributed by atoms with Gasteiger partial charge in [-0.1, -0.05) is 39.0 Å². The molecule has 0 aliphatic carbocycles. The van der Waals surface area contributed by atoms with Crippen LogP contribution in [0.3, 0.4) is 0 Å². The zero-order valence-corrected chi connectivity index (χ0v) is 12.9. The Morgan fingerprint density at radius 2 is 2.05 bits per heavy atom. The summed E-state index contributed by atoms with van der Waals surface area (Å²) >= 11 is 0. The molecule has 1 heterocycles. The lowest BCUT2D eigenvalue weighted by atomic mass is 9.92. The third-order valence-corrected chi connectivity index (χ3v) is 3.98. The van der Waals surface area contributed by atoms with Gasteiger partial charge in [0.25, 0.3) is 0 Å². The van der Waals surface area contributed by atoms with Gasteiger partial charge in [-0.2, -0.15) is 0 Å². The number of nitrogens with zero attached hydrogens (tertiary/aromatic N) is 1. The summed E-state index contributed by atoms with van der Waals surface area (Å²) < 4.78 is 0. The van der Waals surface area contributed by atoms with Gasteiger partial charge < -0.3 is 10.2 Å². The fraction of sp³-hybridized carbons (Fsp3) is 0.647. The lowest BCUT2D eigenvalue weighted by molar-refractivity contribution is 0.336. The highest BCUT2D eigenvalue weighted by Crippen LogP contribution is 2.34. The van der Waals surface area contributed by atoms with Gasteiger partial charge in [-0.05, 0) is 43.4 Å². The molecule has 1 aliphatic rings. The van der Waals surface area contributed by atoms with Crippen molar-refractivity contribution in [2.24, 2.45) is 5.41 Å². The number of benzene rings is 1. The van der Waals surface area contributed by atoms with Crippen LogP contribution in [0.5, 0.6) is 0 Å². The number of para-hydroxylation sites is 1. The molecule has 0 fully saturated rings. The lowest BCUT2D eigenvalue weighted by Gasteiger charge is -2.35. The van der Waals surface area contributed by atoms with Gasteiger partial charge in [-0.25, -0.2) is 0 Å². The van der Waals surface area contributed by atoms with E-state index < -0.39 is 0 Å². The quantitative estimate of drug-likeness (QED) is 0.788. The number of anilines is 1. The lowest BCUT2D eigenvalue weighted by Crippen LogP contribution is -2.43. The normalized spacial score (nSPS) is 18.7. The fourth-order valence-electron chi connectivity index (χ4n) is 2.99. The fourth-order valence-corrected chi connectivity index (χ4v) is 2.99. The first-order valence-electron chi connectivity index (χ1n) is 7.59. The number of nitrogens with one attached hydrogen (secondary N) is 1. The van der Waals surface area contributed by atoms with Gasteiger partial charge in [0.15, 0.2) is 0 Å². The summed E-state index contributed by atoms with van der Waals surface area (Å²) in [6.07, 6.45) is 2.40. The molecule has 1 aromatic rings. The zero-order valence-electron chi connectivity index (χ0n) is 12.9. The van der Waals surface area contributed by atoms with Gasteiger partial charge in [0.2, 0.25) is 0 Å². The Kier molecular flexibility index (Phi) is 4.51. The van der Waals surface area contributed by atoms with E-state index in [1.807, 2.05) is 0 Å². The molecule has 1 aliphatic heterocycles. The van der Waals surface area contributed by atoms with Crippen molar-refractivity contribution in [3.63, 3.8) is 0 Å². The molecular weight excluding hydrogens is 232 g/mol. The summed E-state index contributed by atoms with van der Waals surface area (Å²) in [4.78, 5) is 2.59. The highest BCUT2D eigenvalue weighted by Gasteiger charge is 2.30. The van der Waals surface area contributed by atoms with E-state index in [1.54, 1.807) is 0 Å². The first kappa shape index (κ1) is 14.4. The monoisotopic (exact) mass is 260 g/mol. The second-order valence-electron chi connectivity index (χ2n) is 6.65. The molecule has 0 saturated heterocycles. The third-order valence-electron chi connectivity index (χ3n) is 3.98. The Morgan fingerprint density at radius 3 is 2.79 bits per heavy atom. The number of hydrogen-bond donors (Lipinski definition) is 1. The molecule has 1 aromatic carbocycles. The molecule has 1 atom stereocenters. The van der Waals surface area contributed by atoms with E-state index >= 15 is 0 Å². The largest absolute Gasteiger partial charge is 0.368 e. The summed E-state index contributed by atoms with van der Waals surface area (Å²) in [6, 6.07) is 9.49. The Morgan fingerprint density at radius 1 is 1.32 bits per heavy atom. The van der Waals surface area contributed by atoms with E-state index in [4.69, 9.17) is 0 Å².